The summed E-state index contributed by atoms with van der Waals surface area (Å²) in [6.45, 7) is 8.51. The molecule has 0 aliphatic heterocycles. The predicted molar refractivity (Wildman–Crippen MR) is 92.0 cm³/mol. The van der Waals surface area contributed by atoms with Gasteiger partial charge in [0.15, 0.2) is 0 Å². The van der Waals surface area contributed by atoms with E-state index in [0.717, 1.165) is 15.7 Å². The van der Waals surface area contributed by atoms with Crippen LogP contribution in [0.1, 0.15) is 42.3 Å². The van der Waals surface area contributed by atoms with Gasteiger partial charge in [0, 0.05) is 15.7 Å². The number of hydrogen-bond donors (Lipinski definition) is 1. The molecule has 0 radical (unpaired) electrons. The Balaban J connectivity index is 2.14. The van der Waals surface area contributed by atoms with Crippen LogP contribution in [0.25, 0.3) is 0 Å². The van der Waals surface area contributed by atoms with Crippen molar-refractivity contribution < 1.29 is 4.79 Å². The highest BCUT2D eigenvalue weighted by molar-refractivity contribution is 9.10. The molecule has 0 bridgehead atoms. The van der Waals surface area contributed by atoms with E-state index in [1.165, 1.54) is 5.56 Å². The molecule has 21 heavy (non-hydrogen) atoms. The van der Waals surface area contributed by atoms with Crippen LogP contribution in [-0.2, 0) is 5.41 Å². The Labute approximate surface area is 134 Å². The zero-order valence-electron chi connectivity index (χ0n) is 12.8. The lowest BCUT2D eigenvalue weighted by Gasteiger charge is -2.19. The second kappa shape index (κ2) is 6.02. The van der Waals surface area contributed by atoms with Crippen LogP contribution in [0, 0.1) is 6.92 Å². The summed E-state index contributed by atoms with van der Waals surface area (Å²) < 4.78 is 0.943. The fourth-order valence-electron chi connectivity index (χ4n) is 1.99. The summed E-state index contributed by atoms with van der Waals surface area (Å²) >= 11 is 3.45. The summed E-state index contributed by atoms with van der Waals surface area (Å²) in [4.78, 5) is 12.2. The maximum Gasteiger partial charge on any atom is 0.255 e. The van der Waals surface area contributed by atoms with Gasteiger partial charge < -0.3 is 5.32 Å². The molecule has 0 saturated heterocycles. The first kappa shape index (κ1) is 15.8. The van der Waals surface area contributed by atoms with Gasteiger partial charge in [0.05, 0.1) is 0 Å². The molecule has 0 aromatic heterocycles. The molecule has 2 aromatic carbocycles. The van der Waals surface area contributed by atoms with Crippen molar-refractivity contribution in [1.29, 1.82) is 0 Å². The number of anilines is 1. The van der Waals surface area contributed by atoms with Crippen molar-refractivity contribution >= 4 is 27.5 Å². The van der Waals surface area contributed by atoms with Gasteiger partial charge in [-0.1, -0.05) is 54.9 Å². The van der Waals surface area contributed by atoms with Crippen molar-refractivity contribution in [3.8, 4) is 0 Å². The van der Waals surface area contributed by atoms with Gasteiger partial charge in [-0.2, -0.15) is 0 Å². The largest absolute Gasteiger partial charge is 0.322 e. The van der Waals surface area contributed by atoms with E-state index in [0.29, 0.717) is 5.56 Å². The third-order valence-electron chi connectivity index (χ3n) is 3.44. The number of hydrogen-bond acceptors (Lipinski definition) is 1. The van der Waals surface area contributed by atoms with Gasteiger partial charge in [-0.3, -0.25) is 4.79 Å². The van der Waals surface area contributed by atoms with Gasteiger partial charge in [0.25, 0.3) is 5.91 Å². The minimum Gasteiger partial charge on any atom is -0.322 e. The summed E-state index contributed by atoms with van der Waals surface area (Å²) in [5.41, 5.74) is 3.93. The van der Waals surface area contributed by atoms with Crippen LogP contribution in [0.5, 0.6) is 0 Å². The van der Waals surface area contributed by atoms with Gasteiger partial charge in [0.2, 0.25) is 0 Å². The Morgan fingerprint density at radius 2 is 1.67 bits per heavy atom. The molecule has 0 saturated carbocycles. The van der Waals surface area contributed by atoms with E-state index < -0.39 is 0 Å². The lowest BCUT2D eigenvalue weighted by molar-refractivity contribution is 0.102. The molecule has 0 unspecified atom stereocenters. The third-order valence-corrected chi connectivity index (χ3v) is 4.30. The molecule has 2 rings (SSSR count). The lowest BCUT2D eigenvalue weighted by atomic mass is 9.87. The van der Waals surface area contributed by atoms with Gasteiger partial charge in [-0.05, 0) is 47.7 Å². The van der Waals surface area contributed by atoms with Gasteiger partial charge in [0.1, 0.15) is 0 Å². The molecule has 0 spiro atoms. The number of carbonyl (C=O) groups is 1. The molecule has 110 valence electrons. The summed E-state index contributed by atoms with van der Waals surface area (Å²) in [6.07, 6.45) is 0. The monoisotopic (exact) mass is 345 g/mol. The van der Waals surface area contributed by atoms with Crippen molar-refractivity contribution in [3.63, 3.8) is 0 Å². The molecule has 0 aliphatic rings. The van der Waals surface area contributed by atoms with Gasteiger partial charge in [-0.15, -0.1) is 0 Å². The summed E-state index contributed by atoms with van der Waals surface area (Å²) in [7, 11) is 0. The van der Waals surface area contributed by atoms with Gasteiger partial charge in [-0.25, -0.2) is 0 Å². The average Bonchev–Trinajstić information content (AvgIpc) is 2.41. The molecule has 2 aromatic rings. The number of rotatable bonds is 2. The molecule has 0 heterocycles. The third kappa shape index (κ3) is 3.94. The number of aryl methyl sites for hydroxylation is 1. The normalized spacial score (nSPS) is 11.3. The zero-order chi connectivity index (χ0) is 15.6. The number of halogens is 1. The first-order valence-electron chi connectivity index (χ1n) is 6.95. The first-order chi connectivity index (χ1) is 9.77. The Bertz CT molecular complexity index is 654. The van der Waals surface area contributed by atoms with Crippen LogP contribution in [-0.4, -0.2) is 5.91 Å². The lowest BCUT2D eigenvalue weighted by Crippen LogP contribution is -2.13. The Kier molecular flexibility index (Phi) is 4.52. The summed E-state index contributed by atoms with van der Waals surface area (Å²) in [5, 5.41) is 2.92. The molecule has 0 atom stereocenters. The minimum absolute atomic E-state index is 0.0980. The predicted octanol–water partition coefficient (Wildman–Crippen LogP) is 5.31. The van der Waals surface area contributed by atoms with Crippen molar-refractivity contribution in [3.05, 3.63) is 63.6 Å². The van der Waals surface area contributed by atoms with Crippen molar-refractivity contribution in [1.82, 2.24) is 0 Å². The van der Waals surface area contributed by atoms with Crippen LogP contribution < -0.4 is 5.32 Å². The highest BCUT2D eigenvalue weighted by Crippen LogP contribution is 2.24. The zero-order valence-corrected chi connectivity index (χ0v) is 14.4. The smallest absolute Gasteiger partial charge is 0.255 e. The SMILES string of the molecule is Cc1ccc(C(=O)Nc2ccc(C(C)(C)C)cc2)cc1Br. The highest BCUT2D eigenvalue weighted by atomic mass is 79.9. The summed E-state index contributed by atoms with van der Waals surface area (Å²) in [6, 6.07) is 13.6. The quantitative estimate of drug-likeness (QED) is 0.785. The summed E-state index contributed by atoms with van der Waals surface area (Å²) in [5.74, 6) is -0.0980. The van der Waals surface area contributed by atoms with E-state index in [9.17, 15) is 4.79 Å². The van der Waals surface area contributed by atoms with Crippen molar-refractivity contribution in [2.75, 3.05) is 5.32 Å². The van der Waals surface area contributed by atoms with E-state index in [4.69, 9.17) is 0 Å². The van der Waals surface area contributed by atoms with E-state index in [1.54, 1.807) is 0 Å². The average molecular weight is 346 g/mol. The Morgan fingerprint density at radius 1 is 1.05 bits per heavy atom. The van der Waals surface area contributed by atoms with Crippen LogP contribution in [0.2, 0.25) is 0 Å². The molecule has 0 aliphatic carbocycles. The number of nitrogens with one attached hydrogen (secondary N) is 1. The van der Waals surface area contributed by atoms with E-state index in [-0.39, 0.29) is 11.3 Å². The fourth-order valence-corrected chi connectivity index (χ4v) is 2.37. The van der Waals surface area contributed by atoms with Crippen molar-refractivity contribution in [2.24, 2.45) is 0 Å². The Hall–Kier alpha value is -1.61. The molecule has 3 heteroatoms. The molecule has 1 amide bonds. The van der Waals surface area contributed by atoms with Crippen LogP contribution in [0.3, 0.4) is 0 Å². The van der Waals surface area contributed by atoms with E-state index in [1.807, 2.05) is 37.3 Å². The molecule has 0 fully saturated rings. The molecule has 2 nitrogen and oxygen atoms in total. The number of benzene rings is 2. The second-order valence-corrected chi connectivity index (χ2v) is 7.10. The van der Waals surface area contributed by atoms with E-state index >= 15 is 0 Å². The molecule has 1 N–H and O–H groups in total. The second-order valence-electron chi connectivity index (χ2n) is 6.25. The van der Waals surface area contributed by atoms with Crippen LogP contribution >= 0.6 is 15.9 Å². The fraction of sp³-hybridized carbons (Fsp3) is 0.278. The standard InChI is InChI=1S/C18H20BrNO/c1-12-5-6-13(11-16(12)19)17(21)20-15-9-7-14(8-10-15)18(2,3)4/h5-11H,1-4H3,(H,20,21). The minimum atomic E-state index is -0.0980. The number of carbonyl (C=O) groups excluding carboxylic acids is 1. The van der Waals surface area contributed by atoms with Crippen LogP contribution in [0.4, 0.5) is 5.69 Å². The molecular weight excluding hydrogens is 326 g/mol. The first-order valence-corrected chi connectivity index (χ1v) is 7.75. The van der Waals surface area contributed by atoms with E-state index in [2.05, 4.69) is 54.2 Å². The Morgan fingerprint density at radius 3 is 2.19 bits per heavy atom. The molecular formula is C18H20BrNO. The van der Waals surface area contributed by atoms with Crippen molar-refractivity contribution in [2.45, 2.75) is 33.1 Å². The maximum absolute atomic E-state index is 12.2. The van der Waals surface area contributed by atoms with Gasteiger partial charge >= 0.3 is 0 Å². The number of amides is 1. The maximum atomic E-state index is 12.2. The van der Waals surface area contributed by atoms with Crippen LogP contribution in [0.15, 0.2) is 46.9 Å². The highest BCUT2D eigenvalue weighted by Gasteiger charge is 2.13. The topological polar surface area (TPSA) is 29.1 Å².